The summed E-state index contributed by atoms with van der Waals surface area (Å²) in [6.45, 7) is 4.40. The van der Waals surface area contributed by atoms with Crippen LogP contribution in [0.3, 0.4) is 0 Å². The van der Waals surface area contributed by atoms with E-state index in [1.807, 2.05) is 36.7 Å². The first-order chi connectivity index (χ1) is 15.6. The summed E-state index contributed by atoms with van der Waals surface area (Å²) >= 11 is 0. The number of aryl methyl sites for hydroxylation is 1. The van der Waals surface area contributed by atoms with Crippen molar-refractivity contribution in [2.75, 3.05) is 27.4 Å². The van der Waals surface area contributed by atoms with Gasteiger partial charge >= 0.3 is 0 Å². The van der Waals surface area contributed by atoms with Crippen molar-refractivity contribution >= 4 is 5.96 Å². The number of nitrogens with zero attached hydrogens (tertiary/aromatic N) is 4. The first kappa shape index (κ1) is 23.8. The van der Waals surface area contributed by atoms with Crippen molar-refractivity contribution in [1.82, 2.24) is 25.4 Å². The molecule has 0 spiro atoms. The Balaban J connectivity index is 1.71. The molecule has 0 amide bonds. The van der Waals surface area contributed by atoms with E-state index in [-0.39, 0.29) is 6.10 Å². The van der Waals surface area contributed by atoms with Crippen molar-refractivity contribution in [2.24, 2.45) is 12.0 Å². The van der Waals surface area contributed by atoms with Gasteiger partial charge in [-0.3, -0.25) is 0 Å². The highest BCUT2D eigenvalue weighted by atomic mass is 16.5. The zero-order valence-corrected chi connectivity index (χ0v) is 19.7. The molecule has 9 nitrogen and oxygen atoms in total. The molecule has 1 fully saturated rings. The van der Waals surface area contributed by atoms with Crippen LogP contribution in [-0.2, 0) is 24.9 Å². The molecular weight excluding hydrogens is 408 g/mol. The van der Waals surface area contributed by atoms with E-state index in [0.717, 1.165) is 54.5 Å². The van der Waals surface area contributed by atoms with Crippen molar-refractivity contribution in [1.29, 1.82) is 0 Å². The normalized spacial score (nSPS) is 14.6. The Labute approximate surface area is 190 Å². The highest BCUT2D eigenvalue weighted by molar-refractivity contribution is 5.79. The van der Waals surface area contributed by atoms with Crippen molar-refractivity contribution in [3.63, 3.8) is 0 Å². The number of ether oxygens (including phenoxy) is 3. The first-order valence-corrected chi connectivity index (χ1v) is 11.3. The van der Waals surface area contributed by atoms with E-state index >= 15 is 0 Å². The lowest BCUT2D eigenvalue weighted by atomic mass is 10.2. The highest BCUT2D eigenvalue weighted by Gasteiger charge is 2.18. The van der Waals surface area contributed by atoms with Gasteiger partial charge in [0, 0.05) is 38.9 Å². The molecule has 0 unspecified atom stereocenters. The molecule has 0 atom stereocenters. The number of nitrogens with one attached hydrogen (secondary N) is 2. The molecule has 32 heavy (non-hydrogen) atoms. The van der Waals surface area contributed by atoms with Crippen LogP contribution in [0.1, 0.15) is 49.3 Å². The molecule has 1 saturated carbocycles. The van der Waals surface area contributed by atoms with E-state index < -0.39 is 0 Å². The Morgan fingerprint density at radius 1 is 1.19 bits per heavy atom. The Morgan fingerprint density at radius 3 is 2.69 bits per heavy atom. The lowest BCUT2D eigenvalue weighted by Gasteiger charge is -2.17. The van der Waals surface area contributed by atoms with Gasteiger partial charge in [0.15, 0.2) is 11.8 Å². The van der Waals surface area contributed by atoms with Gasteiger partial charge < -0.3 is 29.4 Å². The maximum absolute atomic E-state index is 6.31. The summed E-state index contributed by atoms with van der Waals surface area (Å²) in [7, 11) is 5.34. The molecular formula is C23H36N6O3. The van der Waals surface area contributed by atoms with Gasteiger partial charge in [0.1, 0.15) is 17.3 Å². The van der Waals surface area contributed by atoms with Crippen LogP contribution in [0, 0.1) is 6.92 Å². The number of aromatic nitrogens is 3. The third-order valence-corrected chi connectivity index (χ3v) is 5.69. The van der Waals surface area contributed by atoms with Crippen molar-refractivity contribution in [3.8, 4) is 11.5 Å². The Kier molecular flexibility index (Phi) is 9.15. The summed E-state index contributed by atoms with van der Waals surface area (Å²) in [6, 6.07) is 5.94. The second-order valence-corrected chi connectivity index (χ2v) is 8.01. The van der Waals surface area contributed by atoms with Crippen LogP contribution in [0.15, 0.2) is 23.2 Å². The third-order valence-electron chi connectivity index (χ3n) is 5.69. The quantitative estimate of drug-likeness (QED) is 0.313. The molecule has 1 aromatic heterocycles. The van der Waals surface area contributed by atoms with Gasteiger partial charge in [0.2, 0.25) is 0 Å². The number of methoxy groups -OCH3 is 2. The predicted octanol–water partition coefficient (Wildman–Crippen LogP) is 2.73. The smallest absolute Gasteiger partial charge is 0.191 e. The Bertz CT molecular complexity index is 877. The van der Waals surface area contributed by atoms with Crippen LogP contribution in [0.2, 0.25) is 0 Å². The van der Waals surface area contributed by atoms with Crippen LogP contribution in [-0.4, -0.2) is 54.2 Å². The molecule has 176 valence electrons. The summed E-state index contributed by atoms with van der Waals surface area (Å²) in [4.78, 5) is 4.81. The molecule has 1 heterocycles. The second kappa shape index (κ2) is 12.3. The number of aliphatic imine (C=N–C) groups is 1. The number of hydrogen-bond donors (Lipinski definition) is 2. The number of rotatable bonds is 11. The minimum Gasteiger partial charge on any atom is -0.497 e. The van der Waals surface area contributed by atoms with E-state index in [1.54, 1.807) is 14.2 Å². The summed E-state index contributed by atoms with van der Waals surface area (Å²) in [5, 5.41) is 15.1. The standard InChI is InChI=1S/C23H36N6O3/c1-17-27-28-22(29(17)2)16-26-23(24-12-7-13-30-3)25-15-18-10-11-20(31-4)14-21(18)32-19-8-5-6-9-19/h10-11,14,19H,5-9,12-13,15-16H2,1-4H3,(H2,24,25,26). The SMILES string of the molecule is COCCCNC(=NCc1ccc(OC)cc1OC1CCCC1)NCc1nnc(C)n1C. The van der Waals surface area contributed by atoms with E-state index in [4.69, 9.17) is 19.2 Å². The third kappa shape index (κ3) is 6.85. The predicted molar refractivity (Wildman–Crippen MR) is 124 cm³/mol. The van der Waals surface area contributed by atoms with E-state index in [2.05, 4.69) is 20.8 Å². The van der Waals surface area contributed by atoms with Gasteiger partial charge in [0.05, 0.1) is 26.3 Å². The fourth-order valence-electron chi connectivity index (χ4n) is 3.62. The van der Waals surface area contributed by atoms with E-state index in [0.29, 0.717) is 25.7 Å². The maximum Gasteiger partial charge on any atom is 0.191 e. The molecule has 9 heteroatoms. The monoisotopic (exact) mass is 444 g/mol. The van der Waals surface area contributed by atoms with Gasteiger partial charge in [-0.2, -0.15) is 0 Å². The average molecular weight is 445 g/mol. The fourth-order valence-corrected chi connectivity index (χ4v) is 3.62. The number of hydrogen-bond acceptors (Lipinski definition) is 6. The number of benzene rings is 1. The minimum atomic E-state index is 0.272. The van der Waals surface area contributed by atoms with Gasteiger partial charge in [-0.1, -0.05) is 0 Å². The summed E-state index contributed by atoms with van der Waals surface area (Å²) in [5.74, 6) is 4.08. The van der Waals surface area contributed by atoms with Crippen molar-refractivity contribution in [3.05, 3.63) is 35.4 Å². The zero-order valence-electron chi connectivity index (χ0n) is 19.7. The van der Waals surface area contributed by atoms with E-state index in [9.17, 15) is 0 Å². The fraction of sp³-hybridized carbons (Fsp3) is 0.609. The largest absolute Gasteiger partial charge is 0.497 e. The van der Waals surface area contributed by atoms with Crippen molar-refractivity contribution in [2.45, 2.75) is 58.2 Å². The average Bonchev–Trinajstić information content (AvgIpc) is 3.43. The number of guanidine groups is 1. The Morgan fingerprint density at radius 2 is 2.00 bits per heavy atom. The van der Waals surface area contributed by atoms with Gasteiger partial charge in [-0.05, 0) is 51.2 Å². The summed E-state index contributed by atoms with van der Waals surface area (Å²) in [6.07, 6.45) is 5.81. The Hall–Kier alpha value is -2.81. The van der Waals surface area contributed by atoms with Crippen molar-refractivity contribution < 1.29 is 14.2 Å². The molecule has 2 N–H and O–H groups in total. The zero-order chi connectivity index (χ0) is 22.8. The summed E-state index contributed by atoms with van der Waals surface area (Å²) < 4.78 is 18.8. The van der Waals surface area contributed by atoms with Gasteiger partial charge in [-0.25, -0.2) is 4.99 Å². The first-order valence-electron chi connectivity index (χ1n) is 11.3. The summed E-state index contributed by atoms with van der Waals surface area (Å²) in [5.41, 5.74) is 1.03. The van der Waals surface area contributed by atoms with Crippen LogP contribution in [0.4, 0.5) is 0 Å². The molecule has 0 radical (unpaired) electrons. The van der Waals surface area contributed by atoms with Crippen LogP contribution in [0.5, 0.6) is 11.5 Å². The van der Waals surface area contributed by atoms with Crippen LogP contribution in [0.25, 0.3) is 0 Å². The maximum atomic E-state index is 6.31. The van der Waals surface area contributed by atoms with E-state index in [1.165, 1.54) is 12.8 Å². The molecule has 0 aliphatic heterocycles. The molecule has 0 saturated heterocycles. The topological polar surface area (TPSA) is 94.8 Å². The minimum absolute atomic E-state index is 0.272. The van der Waals surface area contributed by atoms with Crippen LogP contribution >= 0.6 is 0 Å². The van der Waals surface area contributed by atoms with Gasteiger partial charge in [-0.15, -0.1) is 10.2 Å². The van der Waals surface area contributed by atoms with Gasteiger partial charge in [0.25, 0.3) is 0 Å². The molecule has 1 aliphatic rings. The molecule has 1 aliphatic carbocycles. The van der Waals surface area contributed by atoms with Crippen LogP contribution < -0.4 is 20.1 Å². The molecule has 2 aromatic rings. The second-order valence-electron chi connectivity index (χ2n) is 8.01. The highest BCUT2D eigenvalue weighted by Crippen LogP contribution is 2.30. The molecule has 0 bridgehead atoms. The molecule has 3 rings (SSSR count). The lowest BCUT2D eigenvalue weighted by Crippen LogP contribution is -2.38. The lowest BCUT2D eigenvalue weighted by molar-refractivity contribution is 0.195. The molecule has 1 aromatic carbocycles.